The van der Waals surface area contributed by atoms with Crippen LogP contribution >= 0.6 is 11.8 Å². The van der Waals surface area contributed by atoms with Gasteiger partial charge in [-0.25, -0.2) is 4.79 Å². The Hall–Kier alpha value is -1.53. The highest BCUT2D eigenvalue weighted by atomic mass is 32.2. The molecule has 1 heterocycles. The van der Waals surface area contributed by atoms with Crippen LogP contribution in [0.4, 0.5) is 0 Å². The second kappa shape index (κ2) is 6.76. The van der Waals surface area contributed by atoms with Gasteiger partial charge >= 0.3 is 5.97 Å². The third-order valence-corrected chi connectivity index (χ3v) is 4.06. The number of carbonyl (C=O) groups is 2. The van der Waals surface area contributed by atoms with E-state index in [0.29, 0.717) is 11.6 Å². The van der Waals surface area contributed by atoms with Crippen LogP contribution in [-0.4, -0.2) is 40.5 Å². The molecule has 0 bridgehead atoms. The first-order valence-corrected chi connectivity index (χ1v) is 7.59. The normalized spacial score (nSPS) is 19.7. The topological polar surface area (TPSA) is 72.6 Å². The molecule has 0 aliphatic carbocycles. The third kappa shape index (κ3) is 3.52. The minimum Gasteiger partial charge on any atom is -0.459 e. The predicted octanol–water partition coefficient (Wildman–Crippen LogP) is 0.978. The number of thioether (sulfide) groups is 1. The second-order valence-electron chi connectivity index (χ2n) is 4.71. The van der Waals surface area contributed by atoms with E-state index in [1.165, 1.54) is 16.7 Å². The zero-order chi connectivity index (χ0) is 14.5. The second-order valence-corrected chi connectivity index (χ2v) is 5.71. The number of benzene rings is 1. The van der Waals surface area contributed by atoms with Gasteiger partial charge in [0.05, 0.1) is 11.9 Å². The first-order valence-electron chi connectivity index (χ1n) is 6.44. The fourth-order valence-electron chi connectivity index (χ4n) is 1.94. The Labute approximate surface area is 122 Å². The lowest BCUT2D eigenvalue weighted by Crippen LogP contribution is -2.48. The molecule has 0 radical (unpaired) electrons. The first kappa shape index (κ1) is 14.9. The zero-order valence-corrected chi connectivity index (χ0v) is 12.1. The Balaban J connectivity index is 1.93. The highest BCUT2D eigenvalue weighted by Gasteiger charge is 2.36. The number of esters is 1. The fourth-order valence-corrected chi connectivity index (χ4v) is 3.09. The van der Waals surface area contributed by atoms with Crippen molar-refractivity contribution in [3.05, 3.63) is 35.9 Å². The van der Waals surface area contributed by atoms with Crippen LogP contribution in [0, 0.1) is 0 Å². The molecule has 2 N–H and O–H groups in total. The highest BCUT2D eigenvalue weighted by Crippen LogP contribution is 2.22. The lowest BCUT2D eigenvalue weighted by molar-refractivity contribution is -0.154. The Morgan fingerprint density at radius 1 is 1.45 bits per heavy atom. The molecule has 1 aromatic carbocycles. The lowest BCUT2D eigenvalue weighted by atomic mass is 10.2. The molecule has 0 saturated carbocycles. The van der Waals surface area contributed by atoms with Gasteiger partial charge < -0.3 is 15.4 Å². The molecule has 0 aromatic heterocycles. The number of hydrogen-bond acceptors (Lipinski definition) is 5. The van der Waals surface area contributed by atoms with Crippen LogP contribution in [0.25, 0.3) is 0 Å². The molecule has 1 amide bonds. The number of rotatable bonds is 4. The van der Waals surface area contributed by atoms with Gasteiger partial charge in [-0.1, -0.05) is 30.3 Å². The Morgan fingerprint density at radius 2 is 2.15 bits per heavy atom. The van der Waals surface area contributed by atoms with Gasteiger partial charge in [0.2, 0.25) is 5.91 Å². The van der Waals surface area contributed by atoms with Gasteiger partial charge in [0.15, 0.2) is 0 Å². The molecule has 2 atom stereocenters. The first-order chi connectivity index (χ1) is 9.59. The lowest BCUT2D eigenvalue weighted by Gasteiger charge is -2.23. The molecule has 1 aliphatic heterocycles. The number of hydrogen-bond donors (Lipinski definition) is 1. The summed E-state index contributed by atoms with van der Waals surface area (Å²) >= 11 is 1.53. The maximum absolute atomic E-state index is 12.1. The van der Waals surface area contributed by atoms with Crippen LogP contribution in [0.15, 0.2) is 30.3 Å². The van der Waals surface area contributed by atoms with Gasteiger partial charge in [0.1, 0.15) is 12.6 Å². The maximum atomic E-state index is 12.1. The summed E-state index contributed by atoms with van der Waals surface area (Å²) in [6, 6.07) is 8.34. The molecule has 1 aliphatic rings. The monoisotopic (exact) mass is 294 g/mol. The molecule has 1 fully saturated rings. The molecule has 108 valence electrons. The summed E-state index contributed by atoms with van der Waals surface area (Å²) in [5.74, 6) is 0.474. The maximum Gasteiger partial charge on any atom is 0.330 e. The molecule has 20 heavy (non-hydrogen) atoms. The summed E-state index contributed by atoms with van der Waals surface area (Å²) in [4.78, 5) is 25.5. The van der Waals surface area contributed by atoms with Crippen LogP contribution in [0.3, 0.4) is 0 Å². The summed E-state index contributed by atoms with van der Waals surface area (Å²) in [7, 11) is 0. The standard InChI is InChI=1S/C14H18N2O3S/c1-10(15)13(17)16-9-20-8-12(16)14(18)19-7-11-5-3-2-4-6-11/h2-6,10,12H,7-9,15H2,1H3/t10-,12?/m1/s1. The molecule has 1 saturated heterocycles. The van der Waals surface area contributed by atoms with Crippen molar-refractivity contribution in [3.63, 3.8) is 0 Å². The quantitative estimate of drug-likeness (QED) is 0.838. The van der Waals surface area contributed by atoms with Crippen LogP contribution in [0.1, 0.15) is 12.5 Å². The molecule has 6 heteroatoms. The summed E-state index contributed by atoms with van der Waals surface area (Å²) in [6.07, 6.45) is 0. The Kier molecular flexibility index (Phi) is 5.03. The van der Waals surface area contributed by atoms with Crippen molar-refractivity contribution in [3.8, 4) is 0 Å². The average Bonchev–Trinajstić information content (AvgIpc) is 2.94. The predicted molar refractivity (Wildman–Crippen MR) is 77.8 cm³/mol. The van der Waals surface area contributed by atoms with Crippen molar-refractivity contribution in [2.75, 3.05) is 11.6 Å². The zero-order valence-electron chi connectivity index (χ0n) is 11.3. The molecule has 5 nitrogen and oxygen atoms in total. The molecule has 1 aromatic rings. The summed E-state index contributed by atoms with van der Waals surface area (Å²) in [6.45, 7) is 1.85. The number of amides is 1. The van der Waals surface area contributed by atoms with E-state index in [0.717, 1.165) is 5.56 Å². The van der Waals surface area contributed by atoms with Gasteiger partial charge in [-0.2, -0.15) is 0 Å². The molecule has 1 unspecified atom stereocenters. The van der Waals surface area contributed by atoms with Gasteiger partial charge in [-0.3, -0.25) is 4.79 Å². The minimum absolute atomic E-state index is 0.211. The number of ether oxygens (including phenoxy) is 1. The van der Waals surface area contributed by atoms with Crippen molar-refractivity contribution in [2.24, 2.45) is 5.73 Å². The molecular formula is C14H18N2O3S. The van der Waals surface area contributed by atoms with Crippen molar-refractivity contribution in [1.82, 2.24) is 4.90 Å². The van der Waals surface area contributed by atoms with Crippen LogP contribution in [0.2, 0.25) is 0 Å². The van der Waals surface area contributed by atoms with Crippen molar-refractivity contribution >= 4 is 23.6 Å². The van der Waals surface area contributed by atoms with E-state index in [1.807, 2.05) is 30.3 Å². The van der Waals surface area contributed by atoms with E-state index in [9.17, 15) is 9.59 Å². The van der Waals surface area contributed by atoms with Gasteiger partial charge in [-0.15, -0.1) is 11.8 Å². The van der Waals surface area contributed by atoms with E-state index in [-0.39, 0.29) is 18.5 Å². The molecule has 2 rings (SSSR count). The Bertz CT molecular complexity index is 479. The van der Waals surface area contributed by atoms with E-state index in [1.54, 1.807) is 6.92 Å². The average molecular weight is 294 g/mol. The Morgan fingerprint density at radius 3 is 2.80 bits per heavy atom. The molecule has 0 spiro atoms. The fraction of sp³-hybridized carbons (Fsp3) is 0.429. The van der Waals surface area contributed by atoms with E-state index in [2.05, 4.69) is 0 Å². The summed E-state index contributed by atoms with van der Waals surface area (Å²) < 4.78 is 5.29. The number of carbonyl (C=O) groups excluding carboxylic acids is 2. The van der Waals surface area contributed by atoms with Crippen LogP contribution in [-0.2, 0) is 20.9 Å². The number of nitrogens with zero attached hydrogens (tertiary/aromatic N) is 1. The van der Waals surface area contributed by atoms with Crippen molar-refractivity contribution < 1.29 is 14.3 Å². The largest absolute Gasteiger partial charge is 0.459 e. The molecular weight excluding hydrogens is 276 g/mol. The van der Waals surface area contributed by atoms with Crippen LogP contribution in [0.5, 0.6) is 0 Å². The van der Waals surface area contributed by atoms with E-state index in [4.69, 9.17) is 10.5 Å². The van der Waals surface area contributed by atoms with Gasteiger partial charge in [-0.05, 0) is 12.5 Å². The third-order valence-electron chi connectivity index (χ3n) is 3.05. The van der Waals surface area contributed by atoms with Gasteiger partial charge in [0.25, 0.3) is 0 Å². The highest BCUT2D eigenvalue weighted by molar-refractivity contribution is 7.99. The van der Waals surface area contributed by atoms with E-state index >= 15 is 0 Å². The number of nitrogens with two attached hydrogens (primary N) is 1. The van der Waals surface area contributed by atoms with Crippen molar-refractivity contribution in [1.29, 1.82) is 0 Å². The summed E-state index contributed by atoms with van der Waals surface area (Å²) in [5, 5.41) is 0. The van der Waals surface area contributed by atoms with Gasteiger partial charge in [0, 0.05) is 5.75 Å². The SMILES string of the molecule is C[C@@H](N)C(=O)N1CSCC1C(=O)OCc1ccccc1. The minimum atomic E-state index is -0.599. The van der Waals surface area contributed by atoms with E-state index < -0.39 is 12.1 Å². The van der Waals surface area contributed by atoms with Crippen molar-refractivity contribution in [2.45, 2.75) is 25.6 Å². The summed E-state index contributed by atoms with van der Waals surface area (Å²) in [5.41, 5.74) is 6.52. The smallest absolute Gasteiger partial charge is 0.330 e. The van der Waals surface area contributed by atoms with Crippen LogP contribution < -0.4 is 5.73 Å².